The molecule has 0 N–H and O–H groups in total. The fourth-order valence-electron chi connectivity index (χ4n) is 2.04. The molecule has 7 heteroatoms. The molecule has 5 nitrogen and oxygen atoms in total. The molecule has 1 aromatic rings. The molecule has 2 amide bonds. The number of hydrogen-bond acceptors (Lipinski definition) is 4. The number of amides is 2. The SMILES string of the molecule is CCCN1CC(=O)N(CC(=O)c2ccc(Br)s2)CC1=O. The lowest BCUT2D eigenvalue weighted by atomic mass is 10.2. The zero-order valence-corrected chi connectivity index (χ0v) is 13.5. The van der Waals surface area contributed by atoms with Crippen LogP contribution in [-0.2, 0) is 9.59 Å². The van der Waals surface area contributed by atoms with Crippen molar-refractivity contribution in [2.45, 2.75) is 13.3 Å². The van der Waals surface area contributed by atoms with Gasteiger partial charge in [0.1, 0.15) is 6.54 Å². The number of carbonyl (C=O) groups excluding carboxylic acids is 3. The van der Waals surface area contributed by atoms with Gasteiger partial charge >= 0.3 is 0 Å². The average Bonchev–Trinajstić information content (AvgIpc) is 2.82. The number of nitrogens with zero attached hydrogens (tertiary/aromatic N) is 2. The molecular weight excluding hydrogens is 344 g/mol. The predicted octanol–water partition coefficient (Wildman–Crippen LogP) is 1.77. The Morgan fingerprint density at radius 1 is 1.25 bits per heavy atom. The van der Waals surface area contributed by atoms with Crippen LogP contribution in [0.5, 0.6) is 0 Å². The fourth-order valence-corrected chi connectivity index (χ4v) is 3.35. The minimum atomic E-state index is -0.165. The lowest BCUT2D eigenvalue weighted by Gasteiger charge is -2.33. The van der Waals surface area contributed by atoms with Crippen molar-refractivity contribution in [2.24, 2.45) is 0 Å². The van der Waals surface area contributed by atoms with Gasteiger partial charge in [0, 0.05) is 6.54 Å². The maximum atomic E-state index is 12.1. The molecule has 1 fully saturated rings. The van der Waals surface area contributed by atoms with Gasteiger partial charge in [0.05, 0.1) is 21.8 Å². The second-order valence-corrected chi connectivity index (χ2v) is 7.06. The zero-order valence-electron chi connectivity index (χ0n) is 11.1. The van der Waals surface area contributed by atoms with Crippen LogP contribution in [0.2, 0.25) is 0 Å². The second-order valence-electron chi connectivity index (χ2n) is 4.59. The first kappa shape index (κ1) is 15.2. The summed E-state index contributed by atoms with van der Waals surface area (Å²) in [7, 11) is 0. The Morgan fingerprint density at radius 2 is 1.90 bits per heavy atom. The van der Waals surface area contributed by atoms with E-state index in [1.54, 1.807) is 17.0 Å². The Balaban J connectivity index is 1.98. The van der Waals surface area contributed by atoms with E-state index >= 15 is 0 Å². The van der Waals surface area contributed by atoms with Gasteiger partial charge in [0.15, 0.2) is 5.78 Å². The van der Waals surface area contributed by atoms with Gasteiger partial charge in [-0.15, -0.1) is 11.3 Å². The van der Waals surface area contributed by atoms with Crippen LogP contribution in [0, 0.1) is 0 Å². The van der Waals surface area contributed by atoms with Crippen LogP contribution in [0.4, 0.5) is 0 Å². The smallest absolute Gasteiger partial charge is 0.243 e. The highest BCUT2D eigenvalue weighted by atomic mass is 79.9. The summed E-state index contributed by atoms with van der Waals surface area (Å²) >= 11 is 4.63. The second kappa shape index (κ2) is 6.49. The number of halogens is 1. The summed E-state index contributed by atoms with van der Waals surface area (Å²) in [6.45, 7) is 2.59. The van der Waals surface area contributed by atoms with E-state index in [0.717, 1.165) is 10.2 Å². The lowest BCUT2D eigenvalue weighted by molar-refractivity contribution is -0.149. The predicted molar refractivity (Wildman–Crippen MR) is 79.8 cm³/mol. The van der Waals surface area contributed by atoms with E-state index in [4.69, 9.17) is 0 Å². The standard InChI is InChI=1S/C13H15BrN2O3S/c1-2-5-15-7-13(19)16(8-12(15)18)6-9(17)10-3-4-11(14)20-10/h3-4H,2,5-8H2,1H3. The molecule has 1 saturated heterocycles. The topological polar surface area (TPSA) is 57.7 Å². The van der Waals surface area contributed by atoms with Crippen LogP contribution in [0.1, 0.15) is 23.0 Å². The molecule has 0 spiro atoms. The Labute approximate surface area is 129 Å². The summed E-state index contributed by atoms with van der Waals surface area (Å²) in [5.74, 6) is -0.389. The van der Waals surface area contributed by atoms with E-state index < -0.39 is 0 Å². The van der Waals surface area contributed by atoms with E-state index in [0.29, 0.717) is 11.4 Å². The number of carbonyl (C=O) groups is 3. The van der Waals surface area contributed by atoms with Crippen LogP contribution in [0.25, 0.3) is 0 Å². The first-order chi connectivity index (χ1) is 9.51. The summed E-state index contributed by atoms with van der Waals surface area (Å²) < 4.78 is 0.871. The van der Waals surface area contributed by atoms with Crippen molar-refractivity contribution >= 4 is 44.9 Å². The third-order valence-corrected chi connectivity index (χ3v) is 4.70. The van der Waals surface area contributed by atoms with Gasteiger partial charge in [-0.05, 0) is 34.5 Å². The normalized spacial score (nSPS) is 15.9. The Hall–Kier alpha value is -1.21. The van der Waals surface area contributed by atoms with E-state index in [-0.39, 0.29) is 37.2 Å². The molecule has 1 aliphatic rings. The van der Waals surface area contributed by atoms with Crippen LogP contribution in [-0.4, -0.2) is 53.6 Å². The molecular formula is C13H15BrN2O3S. The summed E-state index contributed by atoms with van der Waals surface area (Å²) in [5, 5.41) is 0. The Kier molecular flexibility index (Phi) is 4.93. The monoisotopic (exact) mass is 358 g/mol. The van der Waals surface area contributed by atoms with Gasteiger partial charge in [-0.3, -0.25) is 14.4 Å². The average molecular weight is 359 g/mol. The van der Waals surface area contributed by atoms with E-state index in [2.05, 4.69) is 15.9 Å². The highest BCUT2D eigenvalue weighted by Crippen LogP contribution is 2.22. The van der Waals surface area contributed by atoms with Gasteiger partial charge in [0.2, 0.25) is 11.8 Å². The van der Waals surface area contributed by atoms with E-state index in [9.17, 15) is 14.4 Å². The first-order valence-corrected chi connectivity index (χ1v) is 7.96. The van der Waals surface area contributed by atoms with Crippen LogP contribution >= 0.6 is 27.3 Å². The molecule has 0 radical (unpaired) electrons. The molecule has 0 aliphatic carbocycles. The third kappa shape index (κ3) is 3.46. The molecule has 2 heterocycles. The summed E-state index contributed by atoms with van der Waals surface area (Å²) in [4.78, 5) is 39.4. The van der Waals surface area contributed by atoms with Gasteiger partial charge in [-0.25, -0.2) is 0 Å². The molecule has 0 saturated carbocycles. The Bertz CT molecular complexity index is 543. The molecule has 1 aromatic heterocycles. The molecule has 2 rings (SSSR count). The van der Waals surface area contributed by atoms with Crippen molar-refractivity contribution in [2.75, 3.05) is 26.2 Å². The number of piperazine rings is 1. The van der Waals surface area contributed by atoms with Gasteiger partial charge in [-0.1, -0.05) is 6.92 Å². The van der Waals surface area contributed by atoms with Gasteiger partial charge in [-0.2, -0.15) is 0 Å². The lowest BCUT2D eigenvalue weighted by Crippen LogP contribution is -2.54. The van der Waals surface area contributed by atoms with Crippen molar-refractivity contribution in [3.8, 4) is 0 Å². The van der Waals surface area contributed by atoms with Crippen molar-refractivity contribution in [1.29, 1.82) is 0 Å². The van der Waals surface area contributed by atoms with Crippen molar-refractivity contribution in [3.05, 3.63) is 20.8 Å². The largest absolute Gasteiger partial charge is 0.332 e. The fraction of sp³-hybridized carbons (Fsp3) is 0.462. The summed E-state index contributed by atoms with van der Waals surface area (Å²) in [5.41, 5.74) is 0. The van der Waals surface area contributed by atoms with Crippen LogP contribution < -0.4 is 0 Å². The Morgan fingerprint density at radius 3 is 2.50 bits per heavy atom. The van der Waals surface area contributed by atoms with E-state index in [1.165, 1.54) is 16.2 Å². The maximum Gasteiger partial charge on any atom is 0.243 e. The van der Waals surface area contributed by atoms with Crippen LogP contribution in [0.3, 0.4) is 0 Å². The highest BCUT2D eigenvalue weighted by Gasteiger charge is 2.30. The van der Waals surface area contributed by atoms with Crippen molar-refractivity contribution in [1.82, 2.24) is 9.80 Å². The van der Waals surface area contributed by atoms with Crippen LogP contribution in [0.15, 0.2) is 15.9 Å². The zero-order chi connectivity index (χ0) is 14.7. The minimum Gasteiger partial charge on any atom is -0.332 e. The molecule has 1 aliphatic heterocycles. The molecule has 0 unspecified atom stereocenters. The number of hydrogen-bond donors (Lipinski definition) is 0. The number of thiophene rings is 1. The quantitative estimate of drug-likeness (QED) is 0.753. The number of rotatable bonds is 5. The summed E-state index contributed by atoms with van der Waals surface area (Å²) in [6, 6.07) is 3.51. The minimum absolute atomic E-state index is 0.00286. The first-order valence-electron chi connectivity index (χ1n) is 6.35. The highest BCUT2D eigenvalue weighted by molar-refractivity contribution is 9.11. The molecule has 108 valence electrons. The third-order valence-electron chi connectivity index (χ3n) is 3.03. The molecule has 0 aromatic carbocycles. The molecule has 0 bridgehead atoms. The van der Waals surface area contributed by atoms with Crippen molar-refractivity contribution in [3.63, 3.8) is 0 Å². The van der Waals surface area contributed by atoms with Gasteiger partial charge in [0.25, 0.3) is 0 Å². The van der Waals surface area contributed by atoms with Gasteiger partial charge < -0.3 is 9.80 Å². The van der Waals surface area contributed by atoms with E-state index in [1.807, 2.05) is 6.92 Å². The summed E-state index contributed by atoms with van der Waals surface area (Å²) in [6.07, 6.45) is 0.821. The van der Waals surface area contributed by atoms with Crippen molar-refractivity contribution < 1.29 is 14.4 Å². The molecule has 0 atom stereocenters. The maximum absolute atomic E-state index is 12.1. The number of Topliss-reactive ketones (excluding diaryl/α,β-unsaturated/α-hetero) is 1. The molecule has 20 heavy (non-hydrogen) atoms. The number of ketones is 1.